The highest BCUT2D eigenvalue weighted by atomic mass is 16.7. The lowest BCUT2D eigenvalue weighted by molar-refractivity contribution is -0.319. The molecule has 0 spiro atoms. The molecule has 4 aliphatic rings. The highest BCUT2D eigenvalue weighted by Crippen LogP contribution is 2.43. The van der Waals surface area contributed by atoms with E-state index in [1.165, 1.54) is 7.11 Å². The maximum absolute atomic E-state index is 14.6. The number of aliphatic hydroxyl groups is 2. The van der Waals surface area contributed by atoms with E-state index in [2.05, 4.69) is 0 Å². The summed E-state index contributed by atoms with van der Waals surface area (Å²) in [4.78, 5) is 42.9. The molecule has 4 fully saturated rings. The molecule has 4 N–H and O–H groups in total. The average Bonchev–Trinajstić information content (AvgIpc) is 3.54. The van der Waals surface area contributed by atoms with Crippen LogP contribution in [0.3, 0.4) is 0 Å². The van der Waals surface area contributed by atoms with E-state index in [9.17, 15) is 24.6 Å². The molecule has 0 radical (unpaired) electrons. The molecule has 0 aliphatic carbocycles. The number of methoxy groups -OCH3 is 2. The summed E-state index contributed by atoms with van der Waals surface area (Å²) in [6, 6.07) is 7.45. The van der Waals surface area contributed by atoms with Gasteiger partial charge in [0.25, 0.3) is 0 Å². The predicted octanol–water partition coefficient (Wildman–Crippen LogP) is 4.05. The van der Waals surface area contributed by atoms with Gasteiger partial charge in [-0.05, 0) is 86.0 Å². The number of benzene rings is 1. The van der Waals surface area contributed by atoms with Crippen LogP contribution in [0.15, 0.2) is 30.3 Å². The Morgan fingerprint density at radius 3 is 2.11 bits per heavy atom. The van der Waals surface area contributed by atoms with Crippen molar-refractivity contribution < 1.29 is 67.2 Å². The number of rotatable bonds is 10. The van der Waals surface area contributed by atoms with Crippen molar-refractivity contribution in [3.8, 4) is 0 Å². The van der Waals surface area contributed by atoms with Crippen LogP contribution in [0, 0.1) is 23.7 Å². The number of esters is 2. The number of carbonyl (C=O) groups is 3. The van der Waals surface area contributed by atoms with Crippen molar-refractivity contribution in [2.75, 3.05) is 28.3 Å². The van der Waals surface area contributed by atoms with Gasteiger partial charge in [0.15, 0.2) is 18.7 Å². The van der Waals surface area contributed by atoms with Crippen LogP contribution in [-0.4, -0.2) is 157 Å². The van der Waals surface area contributed by atoms with Gasteiger partial charge in [-0.2, -0.15) is 0 Å². The molecule has 62 heavy (non-hydrogen) atoms. The minimum absolute atomic E-state index is 0.0924. The first-order valence-electron chi connectivity index (χ1n) is 22.1. The molecule has 17 nitrogen and oxygen atoms in total. The van der Waals surface area contributed by atoms with E-state index in [1.807, 2.05) is 66.6 Å². The number of nitrogens with two attached hydrogens (primary N) is 1. The maximum atomic E-state index is 14.6. The fraction of sp³-hybridized carbons (Fsp3) is 0.800. The van der Waals surface area contributed by atoms with Gasteiger partial charge < -0.3 is 57.7 Å². The standard InChI is InChI=1S/C45H73N3O14/c1-14-31-33-37(60-43(53)48(33)46)25(4)34(49)23(2)21-44(8,54-12)38(62-42-35(50)30(47(10)11)20-24(3)56-42)26(5)36(27(6)40(51)58-31)59-32-22-45(9,55-13)39(28(7)57-32)61-41(52)29-18-16-15-17-19-29/h15-19,23-28,30-39,42,49-50H,14,20-22,46H2,1-13H3/t23-,24-,25-,26+,27-,28+,30+,31-,32?,33?,34+,35-,36+,37-,38-,39+,42?,44+,45-/m1/s1. The lowest BCUT2D eigenvalue weighted by Crippen LogP contribution is -2.61. The third kappa shape index (κ3) is 10.4. The number of fused-ring (bicyclic) bond motifs is 1. The fourth-order valence-corrected chi connectivity index (χ4v) is 10.1. The molecule has 19 atom stereocenters. The van der Waals surface area contributed by atoms with Crippen molar-refractivity contribution >= 4 is 18.0 Å². The molecule has 4 aliphatic heterocycles. The summed E-state index contributed by atoms with van der Waals surface area (Å²) in [6.07, 6.45) is -9.53. The molecule has 0 saturated carbocycles. The van der Waals surface area contributed by atoms with Crippen LogP contribution in [0.1, 0.15) is 98.4 Å². The zero-order valence-corrected chi connectivity index (χ0v) is 38.8. The summed E-state index contributed by atoms with van der Waals surface area (Å²) in [6.45, 7) is 16.4. The van der Waals surface area contributed by atoms with Crippen molar-refractivity contribution in [1.29, 1.82) is 0 Å². The summed E-state index contributed by atoms with van der Waals surface area (Å²) in [5, 5.41) is 24.7. The number of cyclic esters (lactones) is 1. The van der Waals surface area contributed by atoms with Crippen molar-refractivity contribution in [1.82, 2.24) is 9.91 Å². The molecule has 1 aromatic rings. The van der Waals surface area contributed by atoms with Gasteiger partial charge in [-0.3, -0.25) is 4.79 Å². The number of hydrogen-bond acceptors (Lipinski definition) is 16. The van der Waals surface area contributed by atoms with Gasteiger partial charge in [-0.1, -0.05) is 45.9 Å². The largest absolute Gasteiger partial charge is 0.460 e. The zero-order chi connectivity index (χ0) is 46.0. The zero-order valence-electron chi connectivity index (χ0n) is 38.8. The number of ether oxygens (including phenoxy) is 9. The third-order valence-electron chi connectivity index (χ3n) is 14.0. The topological polar surface area (TPSA) is 207 Å². The quantitative estimate of drug-likeness (QED) is 0.131. The van der Waals surface area contributed by atoms with E-state index in [4.69, 9.17) is 48.5 Å². The SMILES string of the molecule is CC[C@H]1OC(=O)[C@H](C)[C@@H](OC2C[C@@](C)(OC)[C@@H](OC(=O)c3ccccc3)[C@H](C)O2)[C@H](C)[C@@H](OC2O[C@H](C)C[C@H](N(C)C)[C@H]2O)[C@@](C)(OC)C[C@@H](C)[C@H](O)[C@@H](C)[C@H]2OC(=O)N(N)C12. The second-order valence-electron chi connectivity index (χ2n) is 18.7. The second-order valence-corrected chi connectivity index (χ2v) is 18.7. The first-order valence-corrected chi connectivity index (χ1v) is 22.1. The van der Waals surface area contributed by atoms with E-state index < -0.39 is 120 Å². The number of aliphatic hydroxyl groups excluding tert-OH is 2. The number of carbonyl (C=O) groups excluding carboxylic acids is 3. The van der Waals surface area contributed by atoms with E-state index in [-0.39, 0.29) is 31.4 Å². The predicted molar refractivity (Wildman–Crippen MR) is 225 cm³/mol. The van der Waals surface area contributed by atoms with Gasteiger partial charge >= 0.3 is 18.0 Å². The van der Waals surface area contributed by atoms with Gasteiger partial charge in [-0.15, -0.1) is 0 Å². The van der Waals surface area contributed by atoms with E-state index in [0.717, 1.165) is 5.01 Å². The van der Waals surface area contributed by atoms with E-state index in [0.29, 0.717) is 12.0 Å². The average molecular weight is 880 g/mol. The number of nitrogens with zero attached hydrogens (tertiary/aromatic N) is 2. The Labute approximate surface area is 367 Å². The Bertz CT molecular complexity index is 1660. The first-order chi connectivity index (χ1) is 29.1. The van der Waals surface area contributed by atoms with E-state index >= 15 is 0 Å². The highest BCUT2D eigenvalue weighted by molar-refractivity contribution is 5.89. The second kappa shape index (κ2) is 20.5. The Kier molecular flexibility index (Phi) is 16.5. The van der Waals surface area contributed by atoms with Crippen molar-refractivity contribution in [3.05, 3.63) is 35.9 Å². The number of hydrogen-bond donors (Lipinski definition) is 3. The van der Waals surface area contributed by atoms with Gasteiger partial charge in [0.05, 0.1) is 47.6 Å². The Morgan fingerprint density at radius 2 is 1.52 bits per heavy atom. The Hall–Kier alpha value is -2.97. The van der Waals surface area contributed by atoms with Crippen LogP contribution in [0.2, 0.25) is 0 Å². The van der Waals surface area contributed by atoms with Gasteiger partial charge in [0.1, 0.15) is 30.0 Å². The first kappa shape index (κ1) is 50.0. The molecule has 0 aromatic heterocycles. The Morgan fingerprint density at radius 1 is 0.887 bits per heavy atom. The molecule has 0 bridgehead atoms. The number of hydrazine groups is 1. The molecule has 4 heterocycles. The van der Waals surface area contributed by atoms with Crippen LogP contribution >= 0.6 is 0 Å². The van der Waals surface area contributed by atoms with Crippen LogP contribution in [0.4, 0.5) is 4.79 Å². The van der Waals surface area contributed by atoms with E-state index in [1.54, 1.807) is 52.1 Å². The summed E-state index contributed by atoms with van der Waals surface area (Å²) < 4.78 is 57.3. The summed E-state index contributed by atoms with van der Waals surface area (Å²) in [5.74, 6) is 2.26. The molecule has 17 heteroatoms. The van der Waals surface area contributed by atoms with Crippen LogP contribution < -0.4 is 5.84 Å². The monoisotopic (exact) mass is 880 g/mol. The smallest absolute Gasteiger partial charge is 0.424 e. The van der Waals surface area contributed by atoms with Gasteiger partial charge in [0.2, 0.25) is 0 Å². The normalized spacial score (nSPS) is 43.6. The molecule has 3 unspecified atom stereocenters. The number of amides is 1. The van der Waals surface area contributed by atoms with Gasteiger partial charge in [0, 0.05) is 38.5 Å². The maximum Gasteiger partial charge on any atom is 0.424 e. The third-order valence-corrected chi connectivity index (χ3v) is 14.0. The molecule has 352 valence electrons. The summed E-state index contributed by atoms with van der Waals surface area (Å²) in [5.41, 5.74) is -1.94. The molecular weight excluding hydrogens is 807 g/mol. The molecule has 4 saturated heterocycles. The minimum Gasteiger partial charge on any atom is -0.460 e. The van der Waals surface area contributed by atoms with Crippen LogP contribution in [0.5, 0.6) is 0 Å². The fourth-order valence-electron chi connectivity index (χ4n) is 10.1. The Balaban J connectivity index is 1.58. The summed E-state index contributed by atoms with van der Waals surface area (Å²) >= 11 is 0. The van der Waals surface area contributed by atoms with Crippen molar-refractivity contribution in [3.63, 3.8) is 0 Å². The van der Waals surface area contributed by atoms with Crippen LogP contribution in [0.25, 0.3) is 0 Å². The minimum atomic E-state index is -1.22. The molecule has 1 amide bonds. The van der Waals surface area contributed by atoms with Gasteiger partial charge in [-0.25, -0.2) is 20.4 Å². The highest BCUT2D eigenvalue weighted by Gasteiger charge is 2.56. The lowest BCUT2D eigenvalue weighted by atomic mass is 9.74. The van der Waals surface area contributed by atoms with Crippen molar-refractivity contribution in [2.24, 2.45) is 29.5 Å². The molecule has 5 rings (SSSR count). The van der Waals surface area contributed by atoms with Crippen molar-refractivity contribution in [2.45, 2.75) is 179 Å². The molecule has 1 aromatic carbocycles. The van der Waals surface area contributed by atoms with Crippen LogP contribution in [-0.2, 0) is 47.4 Å². The molecular formula is C45H73N3O14. The summed E-state index contributed by atoms with van der Waals surface area (Å²) in [7, 11) is 6.85. The number of likely N-dealkylation sites (N-methyl/N-ethyl adjacent to an activating group) is 1. The lowest BCUT2D eigenvalue weighted by Gasteiger charge is -2.50.